The van der Waals surface area contributed by atoms with E-state index in [1.807, 2.05) is 0 Å². The van der Waals surface area contributed by atoms with Crippen LogP contribution >= 0.6 is 0 Å². The molecule has 0 saturated heterocycles. The highest BCUT2D eigenvalue weighted by atomic mass is 16.4. The summed E-state index contributed by atoms with van der Waals surface area (Å²) in [4.78, 5) is 25.3. The number of pyridine rings is 1. The largest absolute Gasteiger partial charge is 0.478 e. The number of hydrogen-bond donors (Lipinski definition) is 2. The lowest BCUT2D eigenvalue weighted by molar-refractivity contribution is 0.0693. The number of Topliss-reactive ketones (excluding diaryl/α,β-unsaturated/α-hetero) is 1. The van der Waals surface area contributed by atoms with Gasteiger partial charge in [0, 0.05) is 6.20 Å². The number of rotatable bonds is 2. The second kappa shape index (κ2) is 3.22. The zero-order chi connectivity index (χ0) is 10.0. The van der Waals surface area contributed by atoms with Crippen molar-refractivity contribution < 1.29 is 14.7 Å². The van der Waals surface area contributed by atoms with E-state index in [0.29, 0.717) is 0 Å². The van der Waals surface area contributed by atoms with Crippen LogP contribution in [0.15, 0.2) is 12.4 Å². The monoisotopic (exact) mass is 180 g/mol. The van der Waals surface area contributed by atoms with Gasteiger partial charge < -0.3 is 10.8 Å². The third kappa shape index (κ3) is 1.64. The number of carbonyl (C=O) groups is 2. The summed E-state index contributed by atoms with van der Waals surface area (Å²) in [6.45, 7) is 1.27. The quantitative estimate of drug-likeness (QED) is 0.648. The number of carbonyl (C=O) groups excluding carboxylic acids is 1. The van der Waals surface area contributed by atoms with E-state index < -0.39 is 5.97 Å². The molecule has 1 aromatic heterocycles. The molecule has 0 saturated carbocycles. The Morgan fingerprint density at radius 2 is 2.08 bits per heavy atom. The van der Waals surface area contributed by atoms with Gasteiger partial charge in [-0.25, -0.2) is 4.79 Å². The Morgan fingerprint density at radius 1 is 1.46 bits per heavy atom. The predicted molar refractivity (Wildman–Crippen MR) is 45.6 cm³/mol. The molecule has 0 aliphatic carbocycles. The van der Waals surface area contributed by atoms with Crippen molar-refractivity contribution in [3.63, 3.8) is 0 Å². The van der Waals surface area contributed by atoms with Crippen molar-refractivity contribution in [1.29, 1.82) is 0 Å². The minimum atomic E-state index is -1.22. The molecule has 0 radical (unpaired) electrons. The van der Waals surface area contributed by atoms with Gasteiger partial charge in [0.15, 0.2) is 5.78 Å². The predicted octanol–water partition coefficient (Wildman–Crippen LogP) is 0.565. The Balaban J connectivity index is 3.43. The minimum Gasteiger partial charge on any atom is -0.478 e. The molecule has 0 atom stereocenters. The standard InChI is InChI=1S/C8H8N2O3/c1-4(11)5-2-10-3-6(9)7(5)8(12)13/h2-3H,9H2,1H3,(H,12,13). The molecule has 5 nitrogen and oxygen atoms in total. The van der Waals surface area contributed by atoms with Gasteiger partial charge in [-0.05, 0) is 6.92 Å². The number of ketones is 1. The van der Waals surface area contributed by atoms with E-state index in [9.17, 15) is 9.59 Å². The lowest BCUT2D eigenvalue weighted by Crippen LogP contribution is -2.10. The van der Waals surface area contributed by atoms with Crippen LogP contribution in [0.4, 0.5) is 5.69 Å². The third-order valence-corrected chi connectivity index (χ3v) is 1.57. The highest BCUT2D eigenvalue weighted by Gasteiger charge is 2.16. The minimum absolute atomic E-state index is 0.000185. The molecule has 0 fully saturated rings. The molecule has 0 aromatic carbocycles. The summed E-state index contributed by atoms with van der Waals surface area (Å²) in [5, 5.41) is 8.74. The molecule has 68 valence electrons. The number of aromatic carboxylic acids is 1. The van der Waals surface area contributed by atoms with E-state index >= 15 is 0 Å². The number of aromatic nitrogens is 1. The third-order valence-electron chi connectivity index (χ3n) is 1.57. The van der Waals surface area contributed by atoms with Crippen molar-refractivity contribution >= 4 is 17.4 Å². The molecular formula is C8H8N2O3. The summed E-state index contributed by atoms with van der Waals surface area (Å²) in [7, 11) is 0. The van der Waals surface area contributed by atoms with Gasteiger partial charge in [0.25, 0.3) is 0 Å². The molecule has 0 unspecified atom stereocenters. The van der Waals surface area contributed by atoms with Crippen LogP contribution in [-0.4, -0.2) is 21.8 Å². The molecule has 0 aliphatic rings. The molecule has 0 aliphatic heterocycles. The Bertz CT molecular complexity index is 374. The van der Waals surface area contributed by atoms with Gasteiger partial charge in [0.05, 0.1) is 23.0 Å². The van der Waals surface area contributed by atoms with Crippen LogP contribution < -0.4 is 5.73 Å². The van der Waals surface area contributed by atoms with Gasteiger partial charge >= 0.3 is 5.97 Å². The number of carboxylic acid groups (broad SMARTS) is 1. The van der Waals surface area contributed by atoms with Crippen molar-refractivity contribution in [1.82, 2.24) is 4.98 Å². The Labute approximate surface area is 74.2 Å². The van der Waals surface area contributed by atoms with Crippen LogP contribution in [0.5, 0.6) is 0 Å². The Morgan fingerprint density at radius 3 is 2.46 bits per heavy atom. The van der Waals surface area contributed by atoms with Gasteiger partial charge in [-0.2, -0.15) is 0 Å². The number of carboxylic acids is 1. The zero-order valence-electron chi connectivity index (χ0n) is 6.94. The lowest BCUT2D eigenvalue weighted by atomic mass is 10.1. The van der Waals surface area contributed by atoms with Gasteiger partial charge in [0.2, 0.25) is 0 Å². The van der Waals surface area contributed by atoms with Gasteiger partial charge in [0.1, 0.15) is 0 Å². The lowest BCUT2D eigenvalue weighted by Gasteiger charge is -2.03. The van der Waals surface area contributed by atoms with Crippen LogP contribution in [0, 0.1) is 0 Å². The van der Waals surface area contributed by atoms with Crippen molar-refractivity contribution in [3.8, 4) is 0 Å². The van der Waals surface area contributed by atoms with Crippen LogP contribution in [0.1, 0.15) is 27.6 Å². The van der Waals surface area contributed by atoms with E-state index in [2.05, 4.69) is 4.98 Å². The summed E-state index contributed by atoms with van der Waals surface area (Å²) in [5.74, 6) is -1.58. The van der Waals surface area contributed by atoms with E-state index in [0.717, 1.165) is 0 Å². The summed E-state index contributed by atoms with van der Waals surface area (Å²) in [6.07, 6.45) is 2.40. The maximum absolute atomic E-state index is 11.0. The van der Waals surface area contributed by atoms with Crippen molar-refractivity contribution in [2.75, 3.05) is 5.73 Å². The summed E-state index contributed by atoms with van der Waals surface area (Å²) >= 11 is 0. The fraction of sp³-hybridized carbons (Fsp3) is 0.125. The summed E-state index contributed by atoms with van der Waals surface area (Å²) < 4.78 is 0. The second-order valence-corrected chi connectivity index (χ2v) is 2.51. The Hall–Kier alpha value is -1.91. The maximum atomic E-state index is 11.0. The molecule has 0 amide bonds. The number of hydrogen-bond acceptors (Lipinski definition) is 4. The smallest absolute Gasteiger partial charge is 0.338 e. The topological polar surface area (TPSA) is 93.3 Å². The second-order valence-electron chi connectivity index (χ2n) is 2.51. The molecule has 0 spiro atoms. The molecule has 0 bridgehead atoms. The van der Waals surface area contributed by atoms with Crippen LogP contribution in [0.2, 0.25) is 0 Å². The fourth-order valence-electron chi connectivity index (χ4n) is 0.982. The van der Waals surface area contributed by atoms with Crippen LogP contribution in [0.25, 0.3) is 0 Å². The first kappa shape index (κ1) is 9.18. The molecule has 3 N–H and O–H groups in total. The van der Waals surface area contributed by atoms with Gasteiger partial charge in [-0.15, -0.1) is 0 Å². The van der Waals surface area contributed by atoms with Crippen LogP contribution in [0.3, 0.4) is 0 Å². The van der Waals surface area contributed by atoms with Gasteiger partial charge in [-0.3, -0.25) is 9.78 Å². The molecular weight excluding hydrogens is 172 g/mol. The highest BCUT2D eigenvalue weighted by molar-refractivity contribution is 6.07. The van der Waals surface area contributed by atoms with Crippen molar-refractivity contribution in [2.45, 2.75) is 6.92 Å². The number of nitrogens with zero attached hydrogens (tertiary/aromatic N) is 1. The first-order valence-electron chi connectivity index (χ1n) is 3.51. The van der Waals surface area contributed by atoms with Crippen molar-refractivity contribution in [3.05, 3.63) is 23.5 Å². The highest BCUT2D eigenvalue weighted by Crippen LogP contribution is 2.15. The molecule has 5 heteroatoms. The molecule has 1 heterocycles. The van der Waals surface area contributed by atoms with E-state index in [1.165, 1.54) is 19.3 Å². The summed E-state index contributed by atoms with van der Waals surface area (Å²) in [5.41, 5.74) is 5.22. The SMILES string of the molecule is CC(=O)c1cncc(N)c1C(=O)O. The zero-order valence-corrected chi connectivity index (χ0v) is 6.94. The summed E-state index contributed by atoms with van der Waals surface area (Å²) in [6, 6.07) is 0. The fourth-order valence-corrected chi connectivity index (χ4v) is 0.982. The first-order valence-corrected chi connectivity index (χ1v) is 3.51. The van der Waals surface area contributed by atoms with Crippen molar-refractivity contribution in [2.24, 2.45) is 0 Å². The van der Waals surface area contributed by atoms with E-state index in [-0.39, 0.29) is 22.6 Å². The molecule has 1 rings (SSSR count). The van der Waals surface area contributed by atoms with E-state index in [4.69, 9.17) is 10.8 Å². The Kier molecular flexibility index (Phi) is 2.27. The first-order chi connectivity index (χ1) is 6.04. The molecule has 1 aromatic rings. The maximum Gasteiger partial charge on any atom is 0.338 e. The number of nitrogens with two attached hydrogens (primary N) is 1. The van der Waals surface area contributed by atoms with E-state index in [1.54, 1.807) is 0 Å². The average molecular weight is 180 g/mol. The normalized spacial score (nSPS) is 9.62. The number of nitrogen functional groups attached to an aromatic ring is 1. The number of anilines is 1. The molecule has 13 heavy (non-hydrogen) atoms. The average Bonchev–Trinajstić information content (AvgIpc) is 2.02. The van der Waals surface area contributed by atoms with Crippen LogP contribution in [-0.2, 0) is 0 Å². The van der Waals surface area contributed by atoms with Gasteiger partial charge in [-0.1, -0.05) is 0 Å².